The molecule has 0 bridgehead atoms. The van der Waals surface area contributed by atoms with Gasteiger partial charge in [-0.1, -0.05) is 60.7 Å². The van der Waals surface area contributed by atoms with Gasteiger partial charge in [0, 0.05) is 63.2 Å². The molecule has 2 saturated heterocycles. The van der Waals surface area contributed by atoms with Crippen molar-refractivity contribution in [3.8, 4) is 0 Å². The monoisotopic (exact) mass is 505 g/mol. The van der Waals surface area contributed by atoms with Crippen molar-refractivity contribution in [2.24, 2.45) is 23.7 Å². The molecule has 0 aromatic heterocycles. The third-order valence-corrected chi connectivity index (χ3v) is 7.84. The van der Waals surface area contributed by atoms with E-state index in [0.29, 0.717) is 50.1 Å². The van der Waals surface area contributed by atoms with Crippen LogP contribution in [0, 0.1) is 23.7 Å². The van der Waals surface area contributed by atoms with Crippen molar-refractivity contribution in [1.29, 1.82) is 0 Å². The Balaban J connectivity index is 1.72. The Morgan fingerprint density at radius 1 is 0.811 bits per heavy atom. The Morgan fingerprint density at radius 3 is 1.68 bits per heavy atom. The summed E-state index contributed by atoms with van der Waals surface area (Å²) in [7, 11) is 3.40. The minimum Gasteiger partial charge on any atom is -0.465 e. The first-order valence-corrected chi connectivity index (χ1v) is 12.8. The maximum atomic E-state index is 14.0. The van der Waals surface area contributed by atoms with E-state index in [4.69, 9.17) is 0 Å². The number of carbonyl (C=O) groups is 4. The number of carbonyl (C=O) groups excluding carboxylic acids is 3. The molecule has 2 heterocycles. The minimum atomic E-state index is -0.940. The Labute approximate surface area is 217 Å². The zero-order valence-electron chi connectivity index (χ0n) is 21.5. The van der Waals surface area contributed by atoms with Gasteiger partial charge < -0.3 is 14.9 Å². The van der Waals surface area contributed by atoms with E-state index in [1.54, 1.807) is 38.4 Å². The van der Waals surface area contributed by atoms with Gasteiger partial charge in [0.15, 0.2) is 11.6 Å². The molecule has 0 saturated carbocycles. The lowest BCUT2D eigenvalue weighted by Gasteiger charge is -2.47. The van der Waals surface area contributed by atoms with Crippen molar-refractivity contribution >= 4 is 23.6 Å². The molecule has 2 aliphatic heterocycles. The molecule has 8 heteroatoms. The number of likely N-dealkylation sites (tertiary alicyclic amines) is 2. The summed E-state index contributed by atoms with van der Waals surface area (Å²) in [5.74, 6) is -1.32. The highest BCUT2D eigenvalue weighted by Crippen LogP contribution is 2.42. The SMILES string of the molecule is CN(C)C(=O)CN1C[C@H](C(=O)c2ccccc2)C(C2CCN(C(=O)O)CC2)[C@H](C(=O)c2ccccc2)C1. The van der Waals surface area contributed by atoms with Gasteiger partial charge in [-0.3, -0.25) is 19.3 Å². The third-order valence-electron chi connectivity index (χ3n) is 7.84. The number of rotatable bonds is 7. The Bertz CT molecular complexity index is 1050. The van der Waals surface area contributed by atoms with E-state index in [1.165, 1.54) is 9.80 Å². The second kappa shape index (κ2) is 11.7. The molecular formula is C29H35N3O5. The first kappa shape index (κ1) is 26.5. The van der Waals surface area contributed by atoms with Crippen LogP contribution in [0.1, 0.15) is 33.6 Å². The maximum Gasteiger partial charge on any atom is 0.407 e. The molecule has 0 aliphatic carbocycles. The van der Waals surface area contributed by atoms with Crippen molar-refractivity contribution in [1.82, 2.24) is 14.7 Å². The standard InChI is InChI=1S/C29H35N3O5/c1-30(2)25(33)19-31-17-23(27(34)21-9-5-3-6-10-21)26(20-13-15-32(16-14-20)29(36)37)24(18-31)28(35)22-11-7-4-8-12-22/h3-12,20,23-24,26H,13-19H2,1-2H3,(H,36,37)/t23-,24+,26?. The lowest BCUT2D eigenvalue weighted by molar-refractivity contribution is -0.131. The van der Waals surface area contributed by atoms with Crippen LogP contribution in [0.25, 0.3) is 0 Å². The molecule has 2 aromatic rings. The first-order valence-electron chi connectivity index (χ1n) is 12.8. The van der Waals surface area contributed by atoms with Crippen LogP contribution in [0.4, 0.5) is 4.79 Å². The number of Topliss-reactive ketones (excluding diaryl/α,β-unsaturated/α-hetero) is 2. The van der Waals surface area contributed by atoms with Crippen molar-refractivity contribution in [3.05, 3.63) is 71.8 Å². The van der Waals surface area contributed by atoms with Gasteiger partial charge in [-0.15, -0.1) is 0 Å². The van der Waals surface area contributed by atoms with Crippen LogP contribution in [-0.4, -0.2) is 90.2 Å². The predicted molar refractivity (Wildman–Crippen MR) is 139 cm³/mol. The van der Waals surface area contributed by atoms with E-state index in [2.05, 4.69) is 0 Å². The van der Waals surface area contributed by atoms with Crippen molar-refractivity contribution in [3.63, 3.8) is 0 Å². The number of benzene rings is 2. The molecule has 8 nitrogen and oxygen atoms in total. The number of piperidine rings is 2. The number of hydrogen-bond donors (Lipinski definition) is 1. The number of ketones is 2. The highest BCUT2D eigenvalue weighted by Gasteiger charge is 2.48. The van der Waals surface area contributed by atoms with Crippen LogP contribution in [-0.2, 0) is 4.79 Å². The third kappa shape index (κ3) is 6.07. The van der Waals surface area contributed by atoms with Gasteiger partial charge in [0.1, 0.15) is 0 Å². The molecular weight excluding hydrogens is 470 g/mol. The number of carboxylic acid groups (broad SMARTS) is 1. The summed E-state index contributed by atoms with van der Waals surface area (Å²) in [4.78, 5) is 57.0. The highest BCUT2D eigenvalue weighted by atomic mass is 16.4. The van der Waals surface area contributed by atoms with Crippen LogP contribution >= 0.6 is 0 Å². The normalized spacial score (nSPS) is 22.9. The van der Waals surface area contributed by atoms with Gasteiger partial charge in [0.2, 0.25) is 5.91 Å². The average Bonchev–Trinajstić information content (AvgIpc) is 2.92. The number of likely N-dealkylation sites (N-methyl/N-ethyl adjacent to an activating group) is 1. The predicted octanol–water partition coefficient (Wildman–Crippen LogP) is 3.39. The van der Waals surface area contributed by atoms with Crippen LogP contribution in [0.3, 0.4) is 0 Å². The quantitative estimate of drug-likeness (QED) is 0.580. The fourth-order valence-electron chi connectivity index (χ4n) is 5.90. The summed E-state index contributed by atoms with van der Waals surface area (Å²) in [6.07, 6.45) is 0.263. The summed E-state index contributed by atoms with van der Waals surface area (Å²) in [5, 5.41) is 9.45. The van der Waals surface area contributed by atoms with Crippen molar-refractivity contribution in [2.75, 3.05) is 46.8 Å². The summed E-state index contributed by atoms with van der Waals surface area (Å²) < 4.78 is 0. The molecule has 196 valence electrons. The average molecular weight is 506 g/mol. The summed E-state index contributed by atoms with van der Waals surface area (Å²) in [6.45, 7) is 1.68. The van der Waals surface area contributed by atoms with Gasteiger partial charge in [-0.2, -0.15) is 0 Å². The Morgan fingerprint density at radius 2 is 1.27 bits per heavy atom. The van der Waals surface area contributed by atoms with Crippen molar-refractivity contribution < 1.29 is 24.3 Å². The van der Waals surface area contributed by atoms with E-state index in [9.17, 15) is 24.3 Å². The second-order valence-corrected chi connectivity index (χ2v) is 10.3. The molecule has 2 aliphatic rings. The van der Waals surface area contributed by atoms with Gasteiger partial charge >= 0.3 is 6.09 Å². The largest absolute Gasteiger partial charge is 0.465 e. The molecule has 2 aromatic carbocycles. The zero-order chi connectivity index (χ0) is 26.5. The number of nitrogens with zero attached hydrogens (tertiary/aromatic N) is 3. The van der Waals surface area contributed by atoms with E-state index in [-0.39, 0.29) is 35.9 Å². The highest BCUT2D eigenvalue weighted by molar-refractivity contribution is 6.01. The summed E-state index contributed by atoms with van der Waals surface area (Å²) >= 11 is 0. The van der Waals surface area contributed by atoms with E-state index >= 15 is 0 Å². The molecule has 2 fully saturated rings. The van der Waals surface area contributed by atoms with Gasteiger partial charge in [0.25, 0.3) is 0 Å². The van der Waals surface area contributed by atoms with E-state index in [0.717, 1.165) is 0 Å². The molecule has 0 radical (unpaired) electrons. The molecule has 37 heavy (non-hydrogen) atoms. The molecule has 1 N–H and O–H groups in total. The molecule has 0 spiro atoms. The van der Waals surface area contributed by atoms with Crippen LogP contribution < -0.4 is 0 Å². The van der Waals surface area contributed by atoms with Crippen molar-refractivity contribution in [2.45, 2.75) is 12.8 Å². The lowest BCUT2D eigenvalue weighted by atomic mass is 9.64. The second-order valence-electron chi connectivity index (χ2n) is 10.3. The molecule has 4 rings (SSSR count). The van der Waals surface area contributed by atoms with Gasteiger partial charge in [-0.05, 0) is 24.7 Å². The fourth-order valence-corrected chi connectivity index (χ4v) is 5.90. The maximum absolute atomic E-state index is 14.0. The Hall–Kier alpha value is -3.52. The number of amides is 2. The lowest BCUT2D eigenvalue weighted by Crippen LogP contribution is -2.56. The van der Waals surface area contributed by atoms with E-state index in [1.807, 2.05) is 41.3 Å². The molecule has 3 atom stereocenters. The number of hydrogen-bond acceptors (Lipinski definition) is 5. The van der Waals surface area contributed by atoms with Gasteiger partial charge in [0.05, 0.1) is 6.54 Å². The summed E-state index contributed by atoms with van der Waals surface area (Å²) in [5.41, 5.74) is 1.18. The van der Waals surface area contributed by atoms with Crippen LogP contribution in [0.2, 0.25) is 0 Å². The summed E-state index contributed by atoms with van der Waals surface area (Å²) in [6, 6.07) is 18.2. The van der Waals surface area contributed by atoms with E-state index < -0.39 is 17.9 Å². The smallest absolute Gasteiger partial charge is 0.407 e. The first-order chi connectivity index (χ1) is 17.8. The molecule has 1 unspecified atom stereocenters. The zero-order valence-corrected chi connectivity index (χ0v) is 21.5. The topological polar surface area (TPSA) is 98.2 Å². The van der Waals surface area contributed by atoms with Gasteiger partial charge in [-0.25, -0.2) is 4.79 Å². The fraction of sp³-hybridized carbons (Fsp3) is 0.448. The Kier molecular flexibility index (Phi) is 8.38. The van der Waals surface area contributed by atoms with Crippen LogP contribution in [0.15, 0.2) is 60.7 Å². The molecule has 2 amide bonds. The minimum absolute atomic E-state index is 0.0256. The van der Waals surface area contributed by atoms with Crippen LogP contribution in [0.5, 0.6) is 0 Å².